The summed E-state index contributed by atoms with van der Waals surface area (Å²) in [6, 6.07) is 0. The van der Waals surface area contributed by atoms with E-state index in [0.29, 0.717) is 16.9 Å². The first kappa shape index (κ1) is 15.2. The molecule has 0 radical (unpaired) electrons. The third-order valence-corrected chi connectivity index (χ3v) is 2.77. The molecule has 0 spiro atoms. The summed E-state index contributed by atoms with van der Waals surface area (Å²) in [5.41, 5.74) is 1.27. The second-order valence-corrected chi connectivity index (χ2v) is 4.22. The molecule has 1 rings (SSSR count). The van der Waals surface area contributed by atoms with Crippen LogP contribution >= 0.6 is 11.6 Å². The molecule has 0 aromatic carbocycles. The van der Waals surface area contributed by atoms with Gasteiger partial charge in [-0.05, 0) is 13.8 Å². The topological polar surface area (TPSA) is 94.4 Å². The highest BCUT2D eigenvalue weighted by Crippen LogP contribution is 2.34. The average Bonchev–Trinajstić information content (AvgIpc) is 2.29. The number of nitrogens with zero attached hydrogens (tertiary/aromatic N) is 2. The van der Waals surface area contributed by atoms with E-state index >= 15 is 0 Å². The van der Waals surface area contributed by atoms with Crippen LogP contribution in [0.15, 0.2) is 0 Å². The molecule has 0 saturated heterocycles. The van der Waals surface area contributed by atoms with Crippen molar-refractivity contribution >= 4 is 28.9 Å². The maximum absolute atomic E-state index is 11.0. The summed E-state index contributed by atoms with van der Waals surface area (Å²) in [6.45, 7) is 5.08. The Bertz CT molecular complexity index is 519. The van der Waals surface area contributed by atoms with E-state index < -0.39 is 10.9 Å². The lowest BCUT2D eigenvalue weighted by Crippen LogP contribution is -2.14. The second kappa shape index (κ2) is 6.33. The van der Waals surface area contributed by atoms with Gasteiger partial charge in [0.05, 0.1) is 4.92 Å². The first-order valence-corrected chi connectivity index (χ1v) is 5.90. The molecule has 1 aromatic heterocycles. The number of ether oxygens (including phenoxy) is 1. The Hall–Kier alpha value is -1.89. The van der Waals surface area contributed by atoms with E-state index in [2.05, 4.69) is 10.3 Å². The zero-order chi connectivity index (χ0) is 14.6. The number of hydrogen-bond donors (Lipinski definition) is 1. The van der Waals surface area contributed by atoms with Crippen LogP contribution in [-0.2, 0) is 9.53 Å². The number of aromatic nitrogens is 1. The summed E-state index contributed by atoms with van der Waals surface area (Å²) < 4.78 is 4.74. The third kappa shape index (κ3) is 3.78. The number of carbonyl (C=O) groups is 1. The summed E-state index contributed by atoms with van der Waals surface area (Å²) in [5.74, 6) is -0.406. The number of carbonyl (C=O) groups excluding carboxylic acids is 1. The minimum Gasteiger partial charge on any atom is -0.464 e. The van der Waals surface area contributed by atoms with Crippen molar-refractivity contribution in [3.05, 3.63) is 26.5 Å². The van der Waals surface area contributed by atoms with Gasteiger partial charge in [-0.25, -0.2) is 4.98 Å². The monoisotopic (exact) mass is 287 g/mol. The van der Waals surface area contributed by atoms with Crippen LogP contribution in [0.4, 0.5) is 11.4 Å². The van der Waals surface area contributed by atoms with Crippen LogP contribution in [0.5, 0.6) is 0 Å². The molecule has 0 unspecified atom stereocenters. The smallest absolute Gasteiger partial charge is 0.329 e. The standard InChI is InChI=1S/C11H14ClN3O4/c1-6-7(2)14-11(12)10(15(17)18)9(6)13-4-5-19-8(3)16/h4-5H2,1-3H3,(H,13,14). The Morgan fingerprint density at radius 1 is 1.53 bits per heavy atom. The fourth-order valence-electron chi connectivity index (χ4n) is 1.50. The van der Waals surface area contributed by atoms with Gasteiger partial charge in [-0.2, -0.15) is 0 Å². The summed E-state index contributed by atoms with van der Waals surface area (Å²) in [7, 11) is 0. The fourth-order valence-corrected chi connectivity index (χ4v) is 1.79. The lowest BCUT2D eigenvalue weighted by molar-refractivity contribution is -0.384. The molecule has 0 amide bonds. The number of pyridine rings is 1. The van der Waals surface area contributed by atoms with Gasteiger partial charge in [0.1, 0.15) is 12.3 Å². The SMILES string of the molecule is CC(=O)OCCNc1c(C)c(C)nc(Cl)c1[N+](=O)[O-]. The van der Waals surface area contributed by atoms with Crippen molar-refractivity contribution < 1.29 is 14.5 Å². The number of esters is 1. The van der Waals surface area contributed by atoms with Crippen LogP contribution in [-0.4, -0.2) is 29.0 Å². The molecule has 7 nitrogen and oxygen atoms in total. The van der Waals surface area contributed by atoms with E-state index in [4.69, 9.17) is 16.3 Å². The molecule has 104 valence electrons. The van der Waals surface area contributed by atoms with Gasteiger partial charge < -0.3 is 10.1 Å². The van der Waals surface area contributed by atoms with Gasteiger partial charge in [-0.1, -0.05) is 11.6 Å². The minimum atomic E-state index is -0.587. The van der Waals surface area contributed by atoms with Crippen molar-refractivity contribution in [2.75, 3.05) is 18.5 Å². The molecule has 0 aliphatic rings. The van der Waals surface area contributed by atoms with E-state index in [1.54, 1.807) is 13.8 Å². The van der Waals surface area contributed by atoms with Crippen LogP contribution in [0.1, 0.15) is 18.2 Å². The number of aryl methyl sites for hydroxylation is 1. The Balaban J connectivity index is 2.97. The molecule has 1 aromatic rings. The fraction of sp³-hybridized carbons (Fsp3) is 0.455. The van der Waals surface area contributed by atoms with Crippen molar-refractivity contribution in [2.24, 2.45) is 0 Å². The van der Waals surface area contributed by atoms with E-state index in [9.17, 15) is 14.9 Å². The van der Waals surface area contributed by atoms with Crippen LogP contribution in [0, 0.1) is 24.0 Å². The van der Waals surface area contributed by atoms with Crippen LogP contribution in [0.3, 0.4) is 0 Å². The predicted octanol–water partition coefficient (Wildman–Crippen LogP) is 2.24. The summed E-state index contributed by atoms with van der Waals surface area (Å²) in [6.07, 6.45) is 0. The quantitative estimate of drug-likeness (QED) is 0.293. The molecule has 1 N–H and O–H groups in total. The number of halogens is 1. The third-order valence-electron chi connectivity index (χ3n) is 2.51. The van der Waals surface area contributed by atoms with E-state index in [0.717, 1.165) is 0 Å². The zero-order valence-electron chi connectivity index (χ0n) is 10.8. The molecule has 1 heterocycles. The highest BCUT2D eigenvalue weighted by molar-refractivity contribution is 6.32. The van der Waals surface area contributed by atoms with Crippen LogP contribution < -0.4 is 5.32 Å². The highest BCUT2D eigenvalue weighted by atomic mass is 35.5. The molecular formula is C11H14ClN3O4. The van der Waals surface area contributed by atoms with E-state index in [1.165, 1.54) is 6.92 Å². The highest BCUT2D eigenvalue weighted by Gasteiger charge is 2.23. The summed E-state index contributed by atoms with van der Waals surface area (Å²) >= 11 is 5.79. The molecule has 0 fully saturated rings. The van der Waals surface area contributed by atoms with Gasteiger partial charge in [0.2, 0.25) is 5.15 Å². The van der Waals surface area contributed by atoms with Crippen molar-refractivity contribution in [3.63, 3.8) is 0 Å². The van der Waals surface area contributed by atoms with E-state index in [-0.39, 0.29) is 24.0 Å². The van der Waals surface area contributed by atoms with Crippen molar-refractivity contribution in [3.8, 4) is 0 Å². The minimum absolute atomic E-state index is 0.116. The molecule has 8 heteroatoms. The first-order chi connectivity index (χ1) is 8.84. The number of nitrogens with one attached hydrogen (secondary N) is 1. The molecule has 0 aliphatic carbocycles. The second-order valence-electron chi connectivity index (χ2n) is 3.86. The number of anilines is 1. The Labute approximate surface area is 115 Å². The lowest BCUT2D eigenvalue weighted by Gasteiger charge is -2.12. The normalized spacial score (nSPS) is 10.1. The van der Waals surface area contributed by atoms with Gasteiger partial charge in [0.15, 0.2) is 0 Å². The number of hydrogen-bond acceptors (Lipinski definition) is 6. The number of nitro groups is 1. The Kier molecular flexibility index (Phi) is 5.05. The van der Waals surface area contributed by atoms with Gasteiger partial charge >= 0.3 is 11.7 Å². The molecule has 0 bridgehead atoms. The molecule has 0 saturated carbocycles. The molecule has 19 heavy (non-hydrogen) atoms. The molecular weight excluding hydrogens is 274 g/mol. The number of rotatable bonds is 5. The van der Waals surface area contributed by atoms with Crippen LogP contribution in [0.2, 0.25) is 5.15 Å². The van der Waals surface area contributed by atoms with E-state index in [1.807, 2.05) is 0 Å². The molecule has 0 atom stereocenters. The van der Waals surface area contributed by atoms with Gasteiger partial charge in [0.25, 0.3) is 0 Å². The first-order valence-electron chi connectivity index (χ1n) is 5.53. The van der Waals surface area contributed by atoms with Crippen molar-refractivity contribution in [1.82, 2.24) is 4.98 Å². The Morgan fingerprint density at radius 2 is 2.16 bits per heavy atom. The van der Waals surface area contributed by atoms with Crippen molar-refractivity contribution in [1.29, 1.82) is 0 Å². The Morgan fingerprint density at radius 3 is 2.68 bits per heavy atom. The maximum Gasteiger partial charge on any atom is 0.329 e. The average molecular weight is 288 g/mol. The van der Waals surface area contributed by atoms with Crippen molar-refractivity contribution in [2.45, 2.75) is 20.8 Å². The van der Waals surface area contributed by atoms with Gasteiger partial charge in [0, 0.05) is 24.7 Å². The molecule has 0 aliphatic heterocycles. The summed E-state index contributed by atoms with van der Waals surface area (Å²) in [4.78, 5) is 24.9. The van der Waals surface area contributed by atoms with Gasteiger partial charge in [-0.3, -0.25) is 14.9 Å². The lowest BCUT2D eigenvalue weighted by atomic mass is 10.1. The van der Waals surface area contributed by atoms with Gasteiger partial charge in [-0.15, -0.1) is 0 Å². The van der Waals surface area contributed by atoms with Crippen LogP contribution in [0.25, 0.3) is 0 Å². The largest absolute Gasteiger partial charge is 0.464 e. The maximum atomic E-state index is 11.0. The predicted molar refractivity (Wildman–Crippen MR) is 70.5 cm³/mol. The summed E-state index contributed by atoms with van der Waals surface area (Å²) in [5, 5.41) is 13.7. The zero-order valence-corrected chi connectivity index (χ0v) is 11.6.